The molecule has 106 valence electrons. The number of nitriles is 1. The highest BCUT2D eigenvalue weighted by molar-refractivity contribution is 7.93. The lowest BCUT2D eigenvalue weighted by molar-refractivity contribution is 0.346. The molecule has 2 aromatic carbocycles. The summed E-state index contributed by atoms with van der Waals surface area (Å²) in [7, 11) is -3.62. The van der Waals surface area contributed by atoms with Gasteiger partial charge in [0.25, 0.3) is 0 Å². The molecule has 4 heteroatoms. The standard InChI is InChI=1S/C17H15NO2S/c18-13-17(21(19,20)16-9-5-2-6-10-16)11-15(12-17)14-7-3-1-4-8-14/h1-10,15H,11-12H2. The first-order chi connectivity index (χ1) is 10.1. The van der Waals surface area contributed by atoms with Crippen molar-refractivity contribution >= 4 is 9.84 Å². The molecule has 0 saturated heterocycles. The topological polar surface area (TPSA) is 57.9 Å². The van der Waals surface area contributed by atoms with Crippen LogP contribution in [0.5, 0.6) is 0 Å². The first-order valence-electron chi connectivity index (χ1n) is 6.85. The Morgan fingerprint density at radius 1 is 0.952 bits per heavy atom. The highest BCUT2D eigenvalue weighted by atomic mass is 32.2. The molecule has 0 spiro atoms. The van der Waals surface area contributed by atoms with E-state index in [2.05, 4.69) is 6.07 Å². The van der Waals surface area contributed by atoms with Crippen LogP contribution in [0.4, 0.5) is 0 Å². The predicted molar refractivity (Wildman–Crippen MR) is 80.4 cm³/mol. The Bertz CT molecular complexity index is 771. The van der Waals surface area contributed by atoms with Crippen LogP contribution < -0.4 is 0 Å². The molecule has 1 fully saturated rings. The van der Waals surface area contributed by atoms with Gasteiger partial charge in [0, 0.05) is 0 Å². The Hall–Kier alpha value is -2.12. The Labute approximate surface area is 124 Å². The molecule has 0 unspecified atom stereocenters. The number of benzene rings is 2. The highest BCUT2D eigenvalue weighted by Gasteiger charge is 2.55. The molecular formula is C17H15NO2S. The average Bonchev–Trinajstić information content (AvgIpc) is 2.48. The lowest BCUT2D eigenvalue weighted by atomic mass is 9.71. The number of nitrogens with zero attached hydrogens (tertiary/aromatic N) is 1. The highest BCUT2D eigenvalue weighted by Crippen LogP contribution is 2.51. The molecule has 1 aliphatic rings. The van der Waals surface area contributed by atoms with Crippen molar-refractivity contribution in [2.45, 2.75) is 28.4 Å². The van der Waals surface area contributed by atoms with E-state index in [0.717, 1.165) is 5.56 Å². The van der Waals surface area contributed by atoms with E-state index in [1.165, 1.54) is 0 Å². The fourth-order valence-electron chi connectivity index (χ4n) is 2.89. The van der Waals surface area contributed by atoms with Gasteiger partial charge in [0.2, 0.25) is 0 Å². The van der Waals surface area contributed by atoms with E-state index in [0.29, 0.717) is 12.8 Å². The maximum atomic E-state index is 12.7. The maximum absolute atomic E-state index is 12.7. The summed E-state index contributed by atoms with van der Waals surface area (Å²) in [5, 5.41) is 9.47. The minimum absolute atomic E-state index is 0.143. The summed E-state index contributed by atoms with van der Waals surface area (Å²) >= 11 is 0. The molecule has 1 saturated carbocycles. The maximum Gasteiger partial charge on any atom is 0.197 e. The van der Waals surface area contributed by atoms with E-state index in [9.17, 15) is 13.7 Å². The van der Waals surface area contributed by atoms with Gasteiger partial charge in [0.1, 0.15) is 0 Å². The van der Waals surface area contributed by atoms with Crippen LogP contribution in [0.2, 0.25) is 0 Å². The van der Waals surface area contributed by atoms with Crippen LogP contribution in [0.25, 0.3) is 0 Å². The van der Waals surface area contributed by atoms with Crippen LogP contribution >= 0.6 is 0 Å². The third kappa shape index (κ3) is 2.14. The predicted octanol–water partition coefficient (Wildman–Crippen LogP) is 3.30. The van der Waals surface area contributed by atoms with E-state index in [-0.39, 0.29) is 10.8 Å². The van der Waals surface area contributed by atoms with Gasteiger partial charge in [-0.15, -0.1) is 0 Å². The zero-order valence-corrected chi connectivity index (χ0v) is 12.3. The molecule has 0 N–H and O–H groups in total. The molecule has 0 amide bonds. The summed E-state index contributed by atoms with van der Waals surface area (Å²) in [5.41, 5.74) is 1.10. The SMILES string of the molecule is N#CC1(S(=O)(=O)c2ccccc2)CC(c2ccccc2)C1. The summed E-state index contributed by atoms with van der Waals surface area (Å²) in [6.45, 7) is 0. The van der Waals surface area contributed by atoms with Gasteiger partial charge in [-0.2, -0.15) is 5.26 Å². The second kappa shape index (κ2) is 5.01. The zero-order chi connectivity index (χ0) is 14.9. The Morgan fingerprint density at radius 2 is 1.48 bits per heavy atom. The van der Waals surface area contributed by atoms with Crippen molar-refractivity contribution in [3.05, 3.63) is 66.2 Å². The minimum atomic E-state index is -3.62. The fraction of sp³-hybridized carbons (Fsp3) is 0.235. The van der Waals surface area contributed by atoms with Gasteiger partial charge in [-0.1, -0.05) is 48.5 Å². The van der Waals surface area contributed by atoms with Crippen molar-refractivity contribution in [2.24, 2.45) is 0 Å². The normalized spacial score (nSPS) is 24.8. The molecule has 0 atom stereocenters. The van der Waals surface area contributed by atoms with Gasteiger partial charge >= 0.3 is 0 Å². The van der Waals surface area contributed by atoms with Crippen molar-refractivity contribution < 1.29 is 8.42 Å². The van der Waals surface area contributed by atoms with Crippen LogP contribution in [0.1, 0.15) is 24.3 Å². The van der Waals surface area contributed by atoms with Crippen molar-refractivity contribution in [3.63, 3.8) is 0 Å². The third-order valence-electron chi connectivity index (χ3n) is 4.19. The largest absolute Gasteiger partial charge is 0.222 e. The molecule has 3 nitrogen and oxygen atoms in total. The van der Waals surface area contributed by atoms with E-state index in [1.807, 2.05) is 30.3 Å². The molecule has 0 aliphatic heterocycles. The van der Waals surface area contributed by atoms with E-state index in [1.54, 1.807) is 30.3 Å². The number of sulfone groups is 1. The Balaban J connectivity index is 1.90. The second-order valence-corrected chi connectivity index (χ2v) is 7.70. The van der Waals surface area contributed by atoms with Crippen molar-refractivity contribution in [3.8, 4) is 6.07 Å². The van der Waals surface area contributed by atoms with Crippen molar-refractivity contribution in [1.82, 2.24) is 0 Å². The fourth-order valence-corrected chi connectivity index (χ4v) is 4.82. The number of hydrogen-bond donors (Lipinski definition) is 0. The number of hydrogen-bond acceptors (Lipinski definition) is 3. The van der Waals surface area contributed by atoms with Crippen LogP contribution in [0, 0.1) is 11.3 Å². The van der Waals surface area contributed by atoms with Gasteiger partial charge in [0.15, 0.2) is 14.6 Å². The summed E-state index contributed by atoms with van der Waals surface area (Å²) < 4.78 is 24.2. The smallest absolute Gasteiger partial charge is 0.197 e. The van der Waals surface area contributed by atoms with E-state index < -0.39 is 14.6 Å². The monoisotopic (exact) mass is 297 g/mol. The van der Waals surface area contributed by atoms with Gasteiger partial charge in [0.05, 0.1) is 11.0 Å². The lowest BCUT2D eigenvalue weighted by Crippen LogP contribution is -2.48. The summed E-state index contributed by atoms with van der Waals surface area (Å²) in [6, 6.07) is 20.1. The van der Waals surface area contributed by atoms with Crippen LogP contribution in [0.3, 0.4) is 0 Å². The van der Waals surface area contributed by atoms with Crippen molar-refractivity contribution in [1.29, 1.82) is 5.26 Å². The Morgan fingerprint density at radius 3 is 2.00 bits per heavy atom. The molecule has 21 heavy (non-hydrogen) atoms. The summed E-state index contributed by atoms with van der Waals surface area (Å²) in [6.07, 6.45) is 0.732. The lowest BCUT2D eigenvalue weighted by Gasteiger charge is -2.42. The van der Waals surface area contributed by atoms with Crippen LogP contribution in [0.15, 0.2) is 65.6 Å². The van der Waals surface area contributed by atoms with E-state index >= 15 is 0 Å². The molecule has 0 bridgehead atoms. The van der Waals surface area contributed by atoms with Gasteiger partial charge in [-0.05, 0) is 36.5 Å². The quantitative estimate of drug-likeness (QED) is 0.873. The molecule has 1 aliphatic carbocycles. The summed E-state index contributed by atoms with van der Waals surface area (Å²) in [5.74, 6) is 0.143. The van der Waals surface area contributed by atoms with Crippen LogP contribution in [-0.4, -0.2) is 13.2 Å². The van der Waals surface area contributed by atoms with Crippen molar-refractivity contribution in [2.75, 3.05) is 0 Å². The number of rotatable bonds is 3. The average molecular weight is 297 g/mol. The third-order valence-corrected chi connectivity index (χ3v) is 6.54. The molecule has 2 aromatic rings. The zero-order valence-electron chi connectivity index (χ0n) is 11.4. The molecule has 0 radical (unpaired) electrons. The van der Waals surface area contributed by atoms with Crippen LogP contribution in [-0.2, 0) is 9.84 Å². The van der Waals surface area contributed by atoms with Gasteiger partial charge in [-0.25, -0.2) is 8.42 Å². The molecule has 0 heterocycles. The first kappa shape index (κ1) is 13.8. The van der Waals surface area contributed by atoms with E-state index in [4.69, 9.17) is 0 Å². The first-order valence-corrected chi connectivity index (χ1v) is 8.33. The molecular weight excluding hydrogens is 282 g/mol. The second-order valence-electron chi connectivity index (χ2n) is 5.44. The van der Waals surface area contributed by atoms with Gasteiger partial charge in [-0.3, -0.25) is 0 Å². The summed E-state index contributed by atoms with van der Waals surface area (Å²) in [4.78, 5) is 0.234. The Kier molecular flexibility index (Phi) is 3.30. The molecule has 0 aromatic heterocycles. The minimum Gasteiger partial charge on any atom is -0.222 e. The molecule has 3 rings (SSSR count). The van der Waals surface area contributed by atoms with Gasteiger partial charge < -0.3 is 0 Å².